The molecule has 0 fully saturated rings. The van der Waals surface area contributed by atoms with Crippen LogP contribution in [0.15, 0.2) is 24.3 Å². The van der Waals surface area contributed by atoms with E-state index in [0.29, 0.717) is 24.6 Å². The number of hydrogen-bond acceptors (Lipinski definition) is 3. The summed E-state index contributed by atoms with van der Waals surface area (Å²) in [5, 5.41) is 11.7. The van der Waals surface area contributed by atoms with Crippen LogP contribution in [0.3, 0.4) is 0 Å². The third kappa shape index (κ3) is 5.75. The summed E-state index contributed by atoms with van der Waals surface area (Å²) in [5.41, 5.74) is 1.05. The van der Waals surface area contributed by atoms with Crippen LogP contribution in [0.5, 0.6) is 5.75 Å². The molecule has 0 spiro atoms. The summed E-state index contributed by atoms with van der Waals surface area (Å²) in [5.74, 6) is 0.982. The zero-order chi connectivity index (χ0) is 14.3. The molecule has 0 radical (unpaired) electrons. The molecule has 4 heteroatoms. The van der Waals surface area contributed by atoms with Gasteiger partial charge in [0.2, 0.25) is 0 Å². The smallest absolute Gasteiger partial charge is 0.260 e. The summed E-state index contributed by atoms with van der Waals surface area (Å²) < 4.78 is 5.57. The highest BCUT2D eigenvalue weighted by atomic mass is 16.5. The SMILES string of the molecule is CC(C)CNC(=O)C(C)Oc1ccc(CCO)cc1. The van der Waals surface area contributed by atoms with Gasteiger partial charge in [0.05, 0.1) is 0 Å². The fourth-order valence-corrected chi connectivity index (χ4v) is 1.57. The number of nitrogens with one attached hydrogen (secondary N) is 1. The maximum absolute atomic E-state index is 11.8. The third-order valence-corrected chi connectivity index (χ3v) is 2.69. The molecule has 1 rings (SSSR count). The van der Waals surface area contributed by atoms with Crippen molar-refractivity contribution in [1.29, 1.82) is 0 Å². The van der Waals surface area contributed by atoms with Crippen molar-refractivity contribution in [3.63, 3.8) is 0 Å². The molecule has 0 aliphatic heterocycles. The fourth-order valence-electron chi connectivity index (χ4n) is 1.57. The van der Waals surface area contributed by atoms with Gasteiger partial charge in [0.1, 0.15) is 5.75 Å². The molecule has 19 heavy (non-hydrogen) atoms. The summed E-state index contributed by atoms with van der Waals surface area (Å²) in [7, 11) is 0. The molecule has 0 saturated heterocycles. The molecule has 0 aliphatic rings. The highest BCUT2D eigenvalue weighted by molar-refractivity contribution is 5.80. The van der Waals surface area contributed by atoms with Gasteiger partial charge in [-0.3, -0.25) is 4.79 Å². The lowest BCUT2D eigenvalue weighted by Crippen LogP contribution is -2.38. The van der Waals surface area contributed by atoms with Crippen molar-refractivity contribution in [1.82, 2.24) is 5.32 Å². The normalized spacial score (nSPS) is 12.3. The van der Waals surface area contributed by atoms with Crippen LogP contribution in [0.1, 0.15) is 26.3 Å². The van der Waals surface area contributed by atoms with E-state index in [1.54, 1.807) is 6.92 Å². The molecular formula is C15H23NO3. The number of amides is 1. The molecule has 1 aromatic rings. The lowest BCUT2D eigenvalue weighted by molar-refractivity contribution is -0.127. The van der Waals surface area contributed by atoms with E-state index in [0.717, 1.165) is 5.56 Å². The summed E-state index contributed by atoms with van der Waals surface area (Å²) >= 11 is 0. The second-order valence-electron chi connectivity index (χ2n) is 5.02. The van der Waals surface area contributed by atoms with Gasteiger partial charge in [0.15, 0.2) is 6.10 Å². The molecule has 0 aliphatic carbocycles. The first-order chi connectivity index (χ1) is 9.02. The van der Waals surface area contributed by atoms with Gasteiger partial charge in [-0.1, -0.05) is 26.0 Å². The number of hydrogen-bond donors (Lipinski definition) is 2. The van der Waals surface area contributed by atoms with E-state index in [2.05, 4.69) is 5.32 Å². The van der Waals surface area contributed by atoms with Crippen molar-refractivity contribution < 1.29 is 14.6 Å². The van der Waals surface area contributed by atoms with Gasteiger partial charge in [-0.15, -0.1) is 0 Å². The van der Waals surface area contributed by atoms with E-state index in [1.807, 2.05) is 38.1 Å². The monoisotopic (exact) mass is 265 g/mol. The Morgan fingerprint density at radius 2 is 1.89 bits per heavy atom. The van der Waals surface area contributed by atoms with E-state index < -0.39 is 6.10 Å². The molecule has 1 aromatic carbocycles. The second-order valence-corrected chi connectivity index (χ2v) is 5.02. The predicted octanol–water partition coefficient (Wildman–Crippen LogP) is 1.76. The van der Waals surface area contributed by atoms with Crippen LogP contribution < -0.4 is 10.1 Å². The van der Waals surface area contributed by atoms with Gasteiger partial charge < -0.3 is 15.2 Å². The van der Waals surface area contributed by atoms with E-state index in [4.69, 9.17) is 9.84 Å². The highest BCUT2D eigenvalue weighted by Crippen LogP contribution is 2.14. The molecule has 0 saturated carbocycles. The van der Waals surface area contributed by atoms with E-state index in [9.17, 15) is 4.79 Å². The van der Waals surface area contributed by atoms with Crippen LogP contribution in [0.25, 0.3) is 0 Å². The molecule has 1 amide bonds. The van der Waals surface area contributed by atoms with Gasteiger partial charge in [-0.05, 0) is 37.0 Å². The first-order valence-corrected chi connectivity index (χ1v) is 6.67. The number of ether oxygens (including phenoxy) is 1. The molecular weight excluding hydrogens is 242 g/mol. The highest BCUT2D eigenvalue weighted by Gasteiger charge is 2.14. The average molecular weight is 265 g/mol. The number of aliphatic hydroxyl groups excluding tert-OH is 1. The molecule has 0 heterocycles. The van der Waals surface area contributed by atoms with Gasteiger partial charge in [-0.25, -0.2) is 0 Å². The van der Waals surface area contributed by atoms with Crippen LogP contribution in [0.2, 0.25) is 0 Å². The van der Waals surface area contributed by atoms with Crippen molar-refractivity contribution in [2.24, 2.45) is 5.92 Å². The van der Waals surface area contributed by atoms with E-state index in [-0.39, 0.29) is 12.5 Å². The molecule has 1 atom stereocenters. The summed E-state index contributed by atoms with van der Waals surface area (Å²) in [4.78, 5) is 11.8. The largest absolute Gasteiger partial charge is 0.481 e. The Kier molecular flexibility index (Phi) is 6.36. The molecule has 0 bridgehead atoms. The third-order valence-electron chi connectivity index (χ3n) is 2.69. The Labute approximate surface area is 114 Å². The molecule has 2 N–H and O–H groups in total. The second kappa shape index (κ2) is 7.79. The topological polar surface area (TPSA) is 58.6 Å². The number of rotatable bonds is 7. The van der Waals surface area contributed by atoms with Crippen molar-refractivity contribution in [3.8, 4) is 5.75 Å². The maximum Gasteiger partial charge on any atom is 0.260 e. The summed E-state index contributed by atoms with van der Waals surface area (Å²) in [6.45, 7) is 6.62. The first kappa shape index (κ1) is 15.5. The Morgan fingerprint density at radius 1 is 1.26 bits per heavy atom. The lowest BCUT2D eigenvalue weighted by Gasteiger charge is -2.15. The molecule has 106 valence electrons. The minimum Gasteiger partial charge on any atom is -0.481 e. The fraction of sp³-hybridized carbons (Fsp3) is 0.533. The Balaban J connectivity index is 2.47. The zero-order valence-electron chi connectivity index (χ0n) is 11.8. The van der Waals surface area contributed by atoms with E-state index >= 15 is 0 Å². The maximum atomic E-state index is 11.8. The minimum atomic E-state index is -0.512. The number of aliphatic hydroxyl groups is 1. The van der Waals surface area contributed by atoms with Gasteiger partial charge in [0.25, 0.3) is 5.91 Å². The number of carbonyl (C=O) groups is 1. The van der Waals surface area contributed by atoms with Crippen LogP contribution in [0, 0.1) is 5.92 Å². The average Bonchev–Trinajstić information content (AvgIpc) is 2.38. The van der Waals surface area contributed by atoms with Gasteiger partial charge in [0, 0.05) is 13.2 Å². The van der Waals surface area contributed by atoms with Crippen molar-refractivity contribution >= 4 is 5.91 Å². The molecule has 4 nitrogen and oxygen atoms in total. The van der Waals surface area contributed by atoms with Crippen LogP contribution in [0.4, 0.5) is 0 Å². The van der Waals surface area contributed by atoms with Gasteiger partial charge >= 0.3 is 0 Å². The van der Waals surface area contributed by atoms with Crippen molar-refractivity contribution in [3.05, 3.63) is 29.8 Å². The van der Waals surface area contributed by atoms with Crippen LogP contribution in [-0.2, 0) is 11.2 Å². The Bertz CT molecular complexity index is 387. The first-order valence-electron chi connectivity index (χ1n) is 6.67. The van der Waals surface area contributed by atoms with Crippen molar-refractivity contribution in [2.45, 2.75) is 33.3 Å². The summed E-state index contributed by atoms with van der Waals surface area (Å²) in [6, 6.07) is 7.42. The van der Waals surface area contributed by atoms with Crippen molar-refractivity contribution in [2.75, 3.05) is 13.2 Å². The Hall–Kier alpha value is -1.55. The number of carbonyl (C=O) groups excluding carboxylic acids is 1. The predicted molar refractivity (Wildman–Crippen MR) is 75.2 cm³/mol. The van der Waals surface area contributed by atoms with Gasteiger partial charge in [-0.2, -0.15) is 0 Å². The minimum absolute atomic E-state index is 0.104. The van der Waals surface area contributed by atoms with E-state index in [1.165, 1.54) is 0 Å². The van der Waals surface area contributed by atoms with Crippen LogP contribution >= 0.6 is 0 Å². The molecule has 1 unspecified atom stereocenters. The lowest BCUT2D eigenvalue weighted by atomic mass is 10.1. The standard InChI is InChI=1S/C15H23NO3/c1-11(2)10-16-15(18)12(3)19-14-6-4-13(5-7-14)8-9-17/h4-7,11-12,17H,8-10H2,1-3H3,(H,16,18). The Morgan fingerprint density at radius 3 is 2.42 bits per heavy atom. The quantitative estimate of drug-likeness (QED) is 0.790. The summed E-state index contributed by atoms with van der Waals surface area (Å²) in [6.07, 6.45) is 0.118. The zero-order valence-corrected chi connectivity index (χ0v) is 11.8. The van der Waals surface area contributed by atoms with Crippen LogP contribution in [-0.4, -0.2) is 30.3 Å². The number of benzene rings is 1. The molecule has 0 aromatic heterocycles.